The quantitative estimate of drug-likeness (QED) is 0.731. The molecule has 1 heterocycles. The van der Waals surface area contributed by atoms with E-state index in [2.05, 4.69) is 0 Å². The Morgan fingerprint density at radius 3 is 2.45 bits per heavy atom. The van der Waals surface area contributed by atoms with Gasteiger partial charge in [-0.2, -0.15) is 0 Å². The molecule has 1 unspecified atom stereocenters. The van der Waals surface area contributed by atoms with Crippen LogP contribution in [0.25, 0.3) is 0 Å². The molecular formula is C15H25NO4. The first-order chi connectivity index (χ1) is 9.27. The Balaban J connectivity index is 1.99. The lowest BCUT2D eigenvalue weighted by Gasteiger charge is -2.39. The molecule has 1 saturated carbocycles. The lowest BCUT2D eigenvalue weighted by atomic mass is 9.89. The normalized spacial score (nSPS) is 24.4. The average molecular weight is 283 g/mol. The van der Waals surface area contributed by atoms with Crippen LogP contribution in [-0.2, 0) is 14.3 Å². The minimum Gasteiger partial charge on any atom is -0.466 e. The Labute approximate surface area is 120 Å². The molecule has 1 aliphatic carbocycles. The maximum absolute atomic E-state index is 12.3. The summed E-state index contributed by atoms with van der Waals surface area (Å²) in [5.41, 5.74) is -0.636. The van der Waals surface area contributed by atoms with Crippen LogP contribution in [0, 0.1) is 5.92 Å². The smallest absolute Gasteiger partial charge is 0.410 e. The monoisotopic (exact) mass is 283 g/mol. The van der Waals surface area contributed by atoms with Crippen molar-refractivity contribution in [3.8, 4) is 0 Å². The third kappa shape index (κ3) is 3.25. The van der Waals surface area contributed by atoms with Crippen molar-refractivity contribution in [2.24, 2.45) is 5.92 Å². The standard InChI is InChI=1S/C15H25NO4/c1-5-19-12(17)11-6-9-16(15(10-11)7-8-15)13(18)20-14(2,3)4/h11H,5-10H2,1-4H3. The summed E-state index contributed by atoms with van der Waals surface area (Å²) in [5.74, 6) is -0.196. The Kier molecular flexibility index (Phi) is 3.98. The van der Waals surface area contributed by atoms with E-state index in [9.17, 15) is 9.59 Å². The van der Waals surface area contributed by atoms with Gasteiger partial charge in [-0.25, -0.2) is 4.79 Å². The largest absolute Gasteiger partial charge is 0.466 e. The van der Waals surface area contributed by atoms with Gasteiger partial charge in [-0.05, 0) is 53.4 Å². The van der Waals surface area contributed by atoms with Gasteiger partial charge in [-0.3, -0.25) is 4.79 Å². The van der Waals surface area contributed by atoms with Gasteiger partial charge in [0.1, 0.15) is 5.60 Å². The third-order valence-corrected chi connectivity index (χ3v) is 3.96. The number of piperidine rings is 1. The van der Waals surface area contributed by atoms with Gasteiger partial charge in [0, 0.05) is 12.1 Å². The van der Waals surface area contributed by atoms with E-state index in [1.54, 1.807) is 0 Å². The molecule has 5 heteroatoms. The van der Waals surface area contributed by atoms with Crippen LogP contribution in [0.4, 0.5) is 4.79 Å². The van der Waals surface area contributed by atoms with Crippen molar-refractivity contribution in [3.05, 3.63) is 0 Å². The van der Waals surface area contributed by atoms with Gasteiger partial charge in [0.15, 0.2) is 0 Å². The first-order valence-corrected chi connectivity index (χ1v) is 7.45. The second-order valence-electron chi connectivity index (χ2n) is 6.80. The maximum Gasteiger partial charge on any atom is 0.410 e. The van der Waals surface area contributed by atoms with Crippen LogP contribution < -0.4 is 0 Å². The van der Waals surface area contributed by atoms with Gasteiger partial charge in [0.2, 0.25) is 0 Å². The molecule has 1 spiro atoms. The van der Waals surface area contributed by atoms with Crippen LogP contribution in [0.1, 0.15) is 53.4 Å². The second-order valence-corrected chi connectivity index (χ2v) is 6.80. The molecular weight excluding hydrogens is 258 g/mol. The van der Waals surface area contributed by atoms with Crippen molar-refractivity contribution < 1.29 is 19.1 Å². The van der Waals surface area contributed by atoms with E-state index < -0.39 is 5.60 Å². The molecule has 0 radical (unpaired) electrons. The minimum absolute atomic E-state index is 0.0730. The van der Waals surface area contributed by atoms with Crippen LogP contribution >= 0.6 is 0 Å². The summed E-state index contributed by atoms with van der Waals surface area (Å²) >= 11 is 0. The molecule has 1 aliphatic heterocycles. The second kappa shape index (κ2) is 5.26. The van der Waals surface area contributed by atoms with E-state index in [1.165, 1.54) is 0 Å². The number of rotatable bonds is 2. The highest BCUT2D eigenvalue weighted by atomic mass is 16.6. The summed E-state index contributed by atoms with van der Waals surface area (Å²) in [6, 6.07) is 0. The zero-order valence-corrected chi connectivity index (χ0v) is 12.9. The van der Waals surface area contributed by atoms with Crippen molar-refractivity contribution >= 4 is 12.1 Å². The number of ether oxygens (including phenoxy) is 2. The molecule has 0 aromatic rings. The molecule has 2 aliphatic rings. The fourth-order valence-electron chi connectivity index (χ4n) is 2.87. The number of hydrogen-bond acceptors (Lipinski definition) is 4. The fourth-order valence-corrected chi connectivity index (χ4v) is 2.87. The zero-order valence-electron chi connectivity index (χ0n) is 12.9. The lowest BCUT2D eigenvalue weighted by Crippen LogP contribution is -2.51. The van der Waals surface area contributed by atoms with E-state index in [0.717, 1.165) is 12.8 Å². The Bertz CT molecular complexity index is 395. The van der Waals surface area contributed by atoms with Crippen LogP contribution in [0.5, 0.6) is 0 Å². The Hall–Kier alpha value is -1.26. The number of nitrogens with zero attached hydrogens (tertiary/aromatic N) is 1. The van der Waals surface area contributed by atoms with E-state index in [0.29, 0.717) is 26.0 Å². The summed E-state index contributed by atoms with van der Waals surface area (Å²) in [6.45, 7) is 8.43. The molecule has 2 fully saturated rings. The summed E-state index contributed by atoms with van der Waals surface area (Å²) < 4.78 is 10.6. The summed E-state index contributed by atoms with van der Waals surface area (Å²) in [4.78, 5) is 25.9. The number of carbonyl (C=O) groups is 2. The number of amides is 1. The molecule has 0 aromatic carbocycles. The Morgan fingerprint density at radius 2 is 1.95 bits per heavy atom. The topological polar surface area (TPSA) is 55.8 Å². The average Bonchev–Trinajstić information content (AvgIpc) is 3.06. The molecule has 2 rings (SSSR count). The van der Waals surface area contributed by atoms with Crippen molar-refractivity contribution in [1.29, 1.82) is 0 Å². The maximum atomic E-state index is 12.3. The van der Waals surface area contributed by atoms with Crippen molar-refractivity contribution in [2.45, 2.75) is 64.5 Å². The minimum atomic E-state index is -0.481. The molecule has 114 valence electrons. The van der Waals surface area contributed by atoms with Crippen LogP contribution in [0.3, 0.4) is 0 Å². The summed E-state index contributed by atoms with van der Waals surface area (Å²) in [7, 11) is 0. The molecule has 20 heavy (non-hydrogen) atoms. The van der Waals surface area contributed by atoms with Crippen molar-refractivity contribution in [3.63, 3.8) is 0 Å². The van der Waals surface area contributed by atoms with Gasteiger partial charge >= 0.3 is 12.1 Å². The van der Waals surface area contributed by atoms with Gasteiger partial charge in [0.25, 0.3) is 0 Å². The number of hydrogen-bond donors (Lipinski definition) is 0. The zero-order chi connectivity index (χ0) is 15.0. The first kappa shape index (κ1) is 15.1. The van der Waals surface area contributed by atoms with E-state index >= 15 is 0 Å². The van der Waals surface area contributed by atoms with Crippen molar-refractivity contribution in [2.75, 3.05) is 13.2 Å². The van der Waals surface area contributed by atoms with E-state index in [1.807, 2.05) is 32.6 Å². The van der Waals surface area contributed by atoms with Crippen LogP contribution in [0.2, 0.25) is 0 Å². The van der Waals surface area contributed by atoms with Crippen molar-refractivity contribution in [1.82, 2.24) is 4.90 Å². The van der Waals surface area contributed by atoms with Gasteiger partial charge in [0.05, 0.1) is 12.5 Å². The molecule has 1 amide bonds. The van der Waals surface area contributed by atoms with Gasteiger partial charge < -0.3 is 14.4 Å². The molecule has 0 bridgehead atoms. The summed E-state index contributed by atoms with van der Waals surface area (Å²) in [6.07, 6.45) is 3.05. The Morgan fingerprint density at radius 1 is 1.30 bits per heavy atom. The van der Waals surface area contributed by atoms with E-state index in [4.69, 9.17) is 9.47 Å². The lowest BCUT2D eigenvalue weighted by molar-refractivity contribution is -0.150. The number of carbonyl (C=O) groups excluding carboxylic acids is 2. The number of likely N-dealkylation sites (tertiary alicyclic amines) is 1. The first-order valence-electron chi connectivity index (χ1n) is 7.45. The van der Waals surface area contributed by atoms with Crippen LogP contribution in [-0.4, -0.2) is 41.3 Å². The number of esters is 1. The molecule has 0 aromatic heterocycles. The summed E-state index contributed by atoms with van der Waals surface area (Å²) in [5, 5.41) is 0. The predicted molar refractivity (Wildman–Crippen MR) is 74.3 cm³/mol. The van der Waals surface area contributed by atoms with Crippen LogP contribution in [0.15, 0.2) is 0 Å². The SMILES string of the molecule is CCOC(=O)C1CCN(C(=O)OC(C)(C)C)C2(CC2)C1. The predicted octanol–water partition coefficient (Wildman–Crippen LogP) is 2.73. The van der Waals surface area contributed by atoms with E-state index in [-0.39, 0.29) is 23.5 Å². The molecule has 0 N–H and O–H groups in total. The molecule has 1 atom stereocenters. The highest BCUT2D eigenvalue weighted by Crippen LogP contribution is 2.50. The van der Waals surface area contributed by atoms with Gasteiger partial charge in [-0.15, -0.1) is 0 Å². The third-order valence-electron chi connectivity index (χ3n) is 3.96. The highest BCUT2D eigenvalue weighted by molar-refractivity contribution is 5.75. The molecule has 5 nitrogen and oxygen atoms in total. The van der Waals surface area contributed by atoms with Gasteiger partial charge in [-0.1, -0.05) is 0 Å². The fraction of sp³-hybridized carbons (Fsp3) is 0.867. The highest BCUT2D eigenvalue weighted by Gasteiger charge is 2.55. The molecule has 1 saturated heterocycles.